The van der Waals surface area contributed by atoms with Gasteiger partial charge in [0.2, 0.25) is 0 Å². The summed E-state index contributed by atoms with van der Waals surface area (Å²) in [5.74, 6) is -0.970. The second-order valence-corrected chi connectivity index (χ2v) is 5.42. The lowest BCUT2D eigenvalue weighted by molar-refractivity contribution is -0.139. The van der Waals surface area contributed by atoms with Crippen LogP contribution in [-0.4, -0.2) is 33.8 Å². The summed E-state index contributed by atoms with van der Waals surface area (Å²) in [6.45, 7) is 1.92. The van der Waals surface area contributed by atoms with Gasteiger partial charge in [0.15, 0.2) is 0 Å². The molecule has 2 amide bonds. The van der Waals surface area contributed by atoms with Gasteiger partial charge in [0.05, 0.1) is 0 Å². The largest absolute Gasteiger partial charge is 0.508 e. The van der Waals surface area contributed by atoms with Gasteiger partial charge in [-0.25, -0.2) is 9.59 Å². The van der Waals surface area contributed by atoms with Crippen molar-refractivity contribution in [2.45, 2.75) is 37.8 Å². The first-order valence-corrected chi connectivity index (χ1v) is 6.47. The molecule has 1 aliphatic carbocycles. The van der Waals surface area contributed by atoms with Gasteiger partial charge in [-0.15, -0.1) is 0 Å². The van der Waals surface area contributed by atoms with Gasteiger partial charge in [-0.2, -0.15) is 0 Å². The molecule has 0 bridgehead atoms. The quantitative estimate of drug-likeness (QED) is 0.651. The van der Waals surface area contributed by atoms with Gasteiger partial charge >= 0.3 is 12.0 Å². The third-order valence-corrected chi connectivity index (χ3v) is 3.39. The number of phenolic OH excluding ortho intramolecular Hbond substituents is 1. The average Bonchev–Trinajstić information content (AvgIpc) is 3.08. The van der Waals surface area contributed by atoms with E-state index in [-0.39, 0.29) is 17.7 Å². The Hall–Kier alpha value is -2.24. The van der Waals surface area contributed by atoms with Crippen LogP contribution in [0.5, 0.6) is 5.75 Å². The van der Waals surface area contributed by atoms with Gasteiger partial charge in [-0.1, -0.05) is 12.1 Å². The number of benzene rings is 1. The first kappa shape index (κ1) is 14.2. The van der Waals surface area contributed by atoms with Crippen LogP contribution in [0.4, 0.5) is 4.79 Å². The van der Waals surface area contributed by atoms with E-state index in [0.717, 1.165) is 18.4 Å². The Bertz CT molecular complexity index is 508. The summed E-state index contributed by atoms with van der Waals surface area (Å²) in [7, 11) is 0. The van der Waals surface area contributed by atoms with Crippen molar-refractivity contribution >= 4 is 12.0 Å². The number of carboxylic acids is 1. The van der Waals surface area contributed by atoms with E-state index in [1.165, 1.54) is 12.1 Å². The molecular formula is C14H18N2O4. The van der Waals surface area contributed by atoms with Crippen LogP contribution in [0.25, 0.3) is 0 Å². The number of amides is 2. The van der Waals surface area contributed by atoms with Crippen molar-refractivity contribution in [3.05, 3.63) is 29.8 Å². The number of aromatic hydroxyl groups is 1. The monoisotopic (exact) mass is 278 g/mol. The minimum Gasteiger partial charge on any atom is -0.508 e. The minimum atomic E-state index is -1.09. The van der Waals surface area contributed by atoms with E-state index in [1.54, 1.807) is 12.1 Å². The normalized spacial score (nSPS) is 17.1. The molecule has 4 N–H and O–H groups in total. The molecule has 0 spiro atoms. The zero-order valence-corrected chi connectivity index (χ0v) is 11.2. The van der Waals surface area contributed by atoms with E-state index >= 15 is 0 Å². The van der Waals surface area contributed by atoms with Crippen molar-refractivity contribution in [2.24, 2.45) is 0 Å². The Morgan fingerprint density at radius 3 is 2.40 bits per heavy atom. The lowest BCUT2D eigenvalue weighted by atomic mass is 10.1. The summed E-state index contributed by atoms with van der Waals surface area (Å²) in [5.41, 5.74) is 0.541. The number of carboxylic acid groups (broad SMARTS) is 1. The Morgan fingerprint density at radius 1 is 1.30 bits per heavy atom. The molecule has 2 rings (SSSR count). The van der Waals surface area contributed by atoms with E-state index in [1.807, 2.05) is 6.92 Å². The highest BCUT2D eigenvalue weighted by Crippen LogP contribution is 2.34. The highest BCUT2D eigenvalue weighted by atomic mass is 16.4. The van der Waals surface area contributed by atoms with Crippen LogP contribution in [0.2, 0.25) is 0 Å². The fourth-order valence-electron chi connectivity index (χ4n) is 1.85. The molecule has 6 heteroatoms. The number of rotatable bonds is 5. The maximum atomic E-state index is 11.7. The van der Waals surface area contributed by atoms with Gasteiger partial charge in [-0.05, 0) is 37.5 Å². The molecule has 1 aliphatic rings. The van der Waals surface area contributed by atoms with Crippen LogP contribution < -0.4 is 10.6 Å². The van der Waals surface area contributed by atoms with Crippen LogP contribution in [0.3, 0.4) is 0 Å². The SMILES string of the molecule is CC1(NC(=O)N[C@H](Cc2ccc(O)cc2)C(=O)O)CC1. The number of hydrogen-bond donors (Lipinski definition) is 4. The molecule has 0 aliphatic heterocycles. The van der Waals surface area contributed by atoms with Gasteiger partial charge in [0.25, 0.3) is 0 Å². The van der Waals surface area contributed by atoms with Gasteiger partial charge in [0, 0.05) is 12.0 Å². The number of nitrogens with one attached hydrogen (secondary N) is 2. The maximum Gasteiger partial charge on any atom is 0.326 e. The number of hydrogen-bond acceptors (Lipinski definition) is 3. The Morgan fingerprint density at radius 2 is 1.90 bits per heavy atom. The molecule has 0 unspecified atom stereocenters. The fraction of sp³-hybridized carbons (Fsp3) is 0.429. The second-order valence-electron chi connectivity index (χ2n) is 5.42. The summed E-state index contributed by atoms with van der Waals surface area (Å²) in [5, 5.41) is 23.6. The average molecular weight is 278 g/mol. The van der Waals surface area contributed by atoms with Crippen molar-refractivity contribution in [1.29, 1.82) is 0 Å². The molecule has 1 saturated carbocycles. The Kier molecular flexibility index (Phi) is 3.83. The minimum absolute atomic E-state index is 0.119. The summed E-state index contributed by atoms with van der Waals surface area (Å²) in [6, 6.07) is 4.78. The predicted octanol–water partition coefficient (Wildman–Crippen LogP) is 1.24. The molecular weight excluding hydrogens is 260 g/mol. The number of carbonyl (C=O) groups is 2. The Labute approximate surface area is 116 Å². The molecule has 0 radical (unpaired) electrons. The fourth-order valence-corrected chi connectivity index (χ4v) is 1.85. The molecule has 1 fully saturated rings. The molecule has 20 heavy (non-hydrogen) atoms. The maximum absolute atomic E-state index is 11.7. The molecule has 0 heterocycles. The van der Waals surface area contributed by atoms with Gasteiger partial charge in [-0.3, -0.25) is 0 Å². The van der Waals surface area contributed by atoms with Crippen LogP contribution in [-0.2, 0) is 11.2 Å². The topological polar surface area (TPSA) is 98.7 Å². The molecule has 1 aromatic rings. The van der Waals surface area contributed by atoms with E-state index < -0.39 is 18.0 Å². The van der Waals surface area contributed by atoms with Crippen molar-refractivity contribution in [3.63, 3.8) is 0 Å². The van der Waals surface area contributed by atoms with Crippen molar-refractivity contribution in [2.75, 3.05) is 0 Å². The Balaban J connectivity index is 1.94. The van der Waals surface area contributed by atoms with Crippen molar-refractivity contribution in [3.8, 4) is 5.75 Å². The summed E-state index contributed by atoms with van der Waals surface area (Å²) in [6.07, 6.45) is 1.99. The molecule has 0 aromatic heterocycles. The van der Waals surface area contributed by atoms with E-state index in [2.05, 4.69) is 10.6 Å². The van der Waals surface area contributed by atoms with Gasteiger partial charge < -0.3 is 20.8 Å². The summed E-state index contributed by atoms with van der Waals surface area (Å²) >= 11 is 0. The molecule has 1 aromatic carbocycles. The summed E-state index contributed by atoms with van der Waals surface area (Å²) in [4.78, 5) is 22.9. The lowest BCUT2D eigenvalue weighted by Crippen LogP contribution is -2.50. The van der Waals surface area contributed by atoms with E-state index in [0.29, 0.717) is 0 Å². The van der Waals surface area contributed by atoms with Crippen LogP contribution in [0.15, 0.2) is 24.3 Å². The molecule has 108 valence electrons. The third-order valence-electron chi connectivity index (χ3n) is 3.39. The van der Waals surface area contributed by atoms with Crippen LogP contribution in [0, 0.1) is 0 Å². The van der Waals surface area contributed by atoms with E-state index in [4.69, 9.17) is 5.11 Å². The molecule has 6 nitrogen and oxygen atoms in total. The first-order valence-electron chi connectivity index (χ1n) is 6.47. The van der Waals surface area contributed by atoms with Crippen LogP contribution >= 0.6 is 0 Å². The summed E-state index contributed by atoms with van der Waals surface area (Å²) < 4.78 is 0. The van der Waals surface area contributed by atoms with Crippen LogP contribution in [0.1, 0.15) is 25.3 Å². The molecule has 1 atom stereocenters. The number of urea groups is 1. The highest BCUT2D eigenvalue weighted by molar-refractivity contribution is 5.83. The number of carbonyl (C=O) groups excluding carboxylic acids is 1. The molecule has 0 saturated heterocycles. The smallest absolute Gasteiger partial charge is 0.326 e. The zero-order valence-electron chi connectivity index (χ0n) is 11.2. The number of aliphatic carboxylic acids is 1. The van der Waals surface area contributed by atoms with Gasteiger partial charge in [0.1, 0.15) is 11.8 Å². The predicted molar refractivity (Wildman–Crippen MR) is 72.5 cm³/mol. The van der Waals surface area contributed by atoms with Crippen molar-refractivity contribution < 1.29 is 19.8 Å². The zero-order chi connectivity index (χ0) is 14.8. The first-order chi connectivity index (χ1) is 9.38. The van der Waals surface area contributed by atoms with Crippen molar-refractivity contribution in [1.82, 2.24) is 10.6 Å². The highest BCUT2D eigenvalue weighted by Gasteiger charge is 2.39. The van der Waals surface area contributed by atoms with E-state index in [9.17, 15) is 14.7 Å². The number of phenols is 1. The second kappa shape index (κ2) is 5.40. The lowest BCUT2D eigenvalue weighted by Gasteiger charge is -2.18. The third kappa shape index (κ3) is 3.88. The standard InChI is InChI=1S/C14H18N2O4/c1-14(6-7-14)16-13(20)15-11(12(18)19)8-9-2-4-10(17)5-3-9/h2-5,11,17H,6-8H2,1H3,(H,18,19)(H2,15,16,20)/t11-/m1/s1.